The molecular formula is C16H26BrN3. The molecule has 0 amide bonds. The lowest BCUT2D eigenvalue weighted by Crippen LogP contribution is -2.10. The van der Waals surface area contributed by atoms with Crippen LogP contribution in [0.2, 0.25) is 0 Å². The van der Waals surface area contributed by atoms with E-state index >= 15 is 0 Å². The molecule has 2 rings (SSSR count). The SMILES string of the molecule is CCNc1nc(CCC(C)C)nc(C2CCCC2)c1Br. The number of nitrogens with zero attached hydrogens (tertiary/aromatic N) is 2. The van der Waals surface area contributed by atoms with Crippen molar-refractivity contribution in [1.82, 2.24) is 9.97 Å². The Bertz CT molecular complexity index is 440. The number of hydrogen-bond acceptors (Lipinski definition) is 3. The Morgan fingerprint density at radius 3 is 2.55 bits per heavy atom. The summed E-state index contributed by atoms with van der Waals surface area (Å²) in [5.41, 5.74) is 1.23. The van der Waals surface area contributed by atoms with E-state index in [0.717, 1.165) is 35.5 Å². The van der Waals surface area contributed by atoms with Gasteiger partial charge in [-0.2, -0.15) is 0 Å². The molecule has 0 saturated heterocycles. The maximum atomic E-state index is 4.87. The van der Waals surface area contributed by atoms with Gasteiger partial charge in [0.15, 0.2) is 0 Å². The van der Waals surface area contributed by atoms with Gasteiger partial charge in [-0.15, -0.1) is 0 Å². The third-order valence-electron chi connectivity index (χ3n) is 3.95. The predicted molar refractivity (Wildman–Crippen MR) is 88.3 cm³/mol. The zero-order chi connectivity index (χ0) is 14.5. The first-order valence-corrected chi connectivity index (χ1v) is 8.71. The number of anilines is 1. The van der Waals surface area contributed by atoms with Gasteiger partial charge in [-0.3, -0.25) is 0 Å². The van der Waals surface area contributed by atoms with Crippen LogP contribution in [0.25, 0.3) is 0 Å². The van der Waals surface area contributed by atoms with E-state index in [1.54, 1.807) is 0 Å². The third-order valence-corrected chi connectivity index (χ3v) is 4.74. The minimum Gasteiger partial charge on any atom is -0.369 e. The van der Waals surface area contributed by atoms with Gasteiger partial charge in [0.1, 0.15) is 11.6 Å². The second kappa shape index (κ2) is 7.39. The summed E-state index contributed by atoms with van der Waals surface area (Å²) in [6, 6.07) is 0. The van der Waals surface area contributed by atoms with Gasteiger partial charge in [0.05, 0.1) is 10.2 Å². The highest BCUT2D eigenvalue weighted by atomic mass is 79.9. The number of halogens is 1. The predicted octanol–water partition coefficient (Wildman–Crippen LogP) is 4.92. The third kappa shape index (κ3) is 3.94. The van der Waals surface area contributed by atoms with Crippen molar-refractivity contribution in [3.05, 3.63) is 16.0 Å². The minimum atomic E-state index is 0.614. The summed E-state index contributed by atoms with van der Waals surface area (Å²) < 4.78 is 1.08. The number of hydrogen-bond donors (Lipinski definition) is 1. The van der Waals surface area contributed by atoms with Crippen molar-refractivity contribution in [3.8, 4) is 0 Å². The van der Waals surface area contributed by atoms with Gasteiger partial charge in [-0.25, -0.2) is 9.97 Å². The molecule has 1 heterocycles. The molecule has 1 aromatic rings. The first kappa shape index (κ1) is 15.7. The fraction of sp³-hybridized carbons (Fsp3) is 0.750. The van der Waals surface area contributed by atoms with Crippen LogP contribution in [0.15, 0.2) is 4.47 Å². The van der Waals surface area contributed by atoms with Crippen molar-refractivity contribution in [2.45, 2.75) is 65.2 Å². The zero-order valence-corrected chi connectivity index (χ0v) is 14.5. The molecule has 0 spiro atoms. The second-order valence-corrected chi connectivity index (χ2v) is 6.92. The molecule has 1 fully saturated rings. The molecule has 1 aliphatic carbocycles. The highest BCUT2D eigenvalue weighted by molar-refractivity contribution is 9.10. The Morgan fingerprint density at radius 2 is 1.95 bits per heavy atom. The van der Waals surface area contributed by atoms with Gasteiger partial charge in [-0.1, -0.05) is 26.7 Å². The molecule has 20 heavy (non-hydrogen) atoms. The van der Waals surface area contributed by atoms with Crippen molar-refractivity contribution in [2.24, 2.45) is 5.92 Å². The van der Waals surface area contributed by atoms with E-state index in [1.165, 1.54) is 31.4 Å². The van der Waals surface area contributed by atoms with Crippen molar-refractivity contribution in [2.75, 3.05) is 11.9 Å². The molecule has 4 heteroatoms. The van der Waals surface area contributed by atoms with Gasteiger partial charge < -0.3 is 5.32 Å². The molecule has 1 N–H and O–H groups in total. The van der Waals surface area contributed by atoms with Crippen LogP contribution in [0.1, 0.15) is 70.3 Å². The lowest BCUT2D eigenvalue weighted by molar-refractivity contribution is 0.570. The number of aromatic nitrogens is 2. The van der Waals surface area contributed by atoms with E-state index in [1.807, 2.05) is 0 Å². The summed E-state index contributed by atoms with van der Waals surface area (Å²) >= 11 is 3.72. The van der Waals surface area contributed by atoms with Crippen LogP contribution in [0, 0.1) is 5.92 Å². The molecule has 0 aromatic carbocycles. The highest BCUT2D eigenvalue weighted by Crippen LogP contribution is 2.38. The van der Waals surface area contributed by atoms with Crippen LogP contribution >= 0.6 is 15.9 Å². The van der Waals surface area contributed by atoms with E-state index < -0.39 is 0 Å². The lowest BCUT2D eigenvalue weighted by Gasteiger charge is -2.16. The van der Waals surface area contributed by atoms with E-state index in [4.69, 9.17) is 9.97 Å². The van der Waals surface area contributed by atoms with Crippen LogP contribution < -0.4 is 5.32 Å². The zero-order valence-electron chi connectivity index (χ0n) is 12.9. The molecule has 112 valence electrons. The Hall–Kier alpha value is -0.640. The van der Waals surface area contributed by atoms with E-state index in [0.29, 0.717) is 11.8 Å². The first-order valence-electron chi connectivity index (χ1n) is 7.92. The van der Waals surface area contributed by atoms with Gasteiger partial charge in [0, 0.05) is 18.9 Å². The fourth-order valence-electron chi connectivity index (χ4n) is 2.80. The average molecular weight is 340 g/mol. The van der Waals surface area contributed by atoms with E-state index in [9.17, 15) is 0 Å². The molecule has 1 aromatic heterocycles. The lowest BCUT2D eigenvalue weighted by atomic mass is 10.0. The molecule has 0 atom stereocenters. The quantitative estimate of drug-likeness (QED) is 0.799. The second-order valence-electron chi connectivity index (χ2n) is 6.13. The molecule has 1 saturated carbocycles. The van der Waals surface area contributed by atoms with E-state index in [2.05, 4.69) is 42.0 Å². The van der Waals surface area contributed by atoms with Crippen LogP contribution in [0.3, 0.4) is 0 Å². The van der Waals surface area contributed by atoms with Crippen molar-refractivity contribution in [1.29, 1.82) is 0 Å². The molecule has 0 unspecified atom stereocenters. The molecule has 0 radical (unpaired) electrons. The Balaban J connectivity index is 2.27. The highest BCUT2D eigenvalue weighted by Gasteiger charge is 2.23. The minimum absolute atomic E-state index is 0.614. The molecule has 1 aliphatic rings. The summed E-state index contributed by atoms with van der Waals surface area (Å²) in [7, 11) is 0. The monoisotopic (exact) mass is 339 g/mol. The number of nitrogens with one attached hydrogen (secondary N) is 1. The summed E-state index contributed by atoms with van der Waals surface area (Å²) in [5.74, 6) is 3.28. The molecule has 0 bridgehead atoms. The Morgan fingerprint density at radius 1 is 1.25 bits per heavy atom. The maximum absolute atomic E-state index is 4.87. The van der Waals surface area contributed by atoms with E-state index in [-0.39, 0.29) is 0 Å². The standard InChI is InChI=1S/C16H26BrN3/c1-4-18-16-14(17)15(12-7-5-6-8-12)19-13(20-16)10-9-11(2)3/h11-12H,4-10H2,1-3H3,(H,18,19,20). The molecule has 0 aliphatic heterocycles. The smallest absolute Gasteiger partial charge is 0.144 e. The fourth-order valence-corrected chi connectivity index (χ4v) is 3.44. The Kier molecular flexibility index (Phi) is 5.82. The van der Waals surface area contributed by atoms with Crippen LogP contribution in [0.4, 0.5) is 5.82 Å². The summed E-state index contributed by atoms with van der Waals surface area (Å²) in [6.45, 7) is 7.50. The van der Waals surface area contributed by atoms with Crippen molar-refractivity contribution < 1.29 is 0 Å². The summed E-state index contributed by atoms with van der Waals surface area (Å²) in [5, 5.41) is 3.37. The van der Waals surface area contributed by atoms with Gasteiger partial charge in [0.25, 0.3) is 0 Å². The Labute approximate surface area is 131 Å². The average Bonchev–Trinajstić information content (AvgIpc) is 2.93. The summed E-state index contributed by atoms with van der Waals surface area (Å²) in [4.78, 5) is 9.57. The van der Waals surface area contributed by atoms with Crippen LogP contribution in [0.5, 0.6) is 0 Å². The van der Waals surface area contributed by atoms with Gasteiger partial charge in [-0.05, 0) is 48.0 Å². The van der Waals surface area contributed by atoms with Crippen LogP contribution in [-0.4, -0.2) is 16.5 Å². The van der Waals surface area contributed by atoms with Crippen LogP contribution in [-0.2, 0) is 6.42 Å². The number of rotatable bonds is 6. The van der Waals surface area contributed by atoms with Crippen molar-refractivity contribution in [3.63, 3.8) is 0 Å². The molecular weight excluding hydrogens is 314 g/mol. The van der Waals surface area contributed by atoms with Crippen molar-refractivity contribution >= 4 is 21.7 Å². The normalized spacial score (nSPS) is 16.1. The first-order chi connectivity index (χ1) is 9.61. The number of aryl methyl sites for hydroxylation is 1. The largest absolute Gasteiger partial charge is 0.369 e. The molecule has 3 nitrogen and oxygen atoms in total. The maximum Gasteiger partial charge on any atom is 0.144 e. The topological polar surface area (TPSA) is 37.8 Å². The van der Waals surface area contributed by atoms with Gasteiger partial charge in [0.2, 0.25) is 0 Å². The summed E-state index contributed by atoms with van der Waals surface area (Å²) in [6.07, 6.45) is 7.33. The van der Waals surface area contributed by atoms with Gasteiger partial charge >= 0.3 is 0 Å².